The van der Waals surface area contributed by atoms with E-state index in [0.29, 0.717) is 31.2 Å². The van der Waals surface area contributed by atoms with Gasteiger partial charge in [0.2, 0.25) is 10.0 Å². The Morgan fingerprint density at radius 2 is 2.21 bits per heavy atom. The maximum absolute atomic E-state index is 12.5. The molecule has 2 heterocycles. The number of rotatable bonds is 4. The average molecular weight is 289 g/mol. The molecule has 108 valence electrons. The maximum Gasteiger partial charge on any atom is 0.248 e. The maximum atomic E-state index is 12.5. The number of nitrogens with one attached hydrogen (secondary N) is 1. The van der Waals surface area contributed by atoms with Crippen LogP contribution in [0.15, 0.2) is 9.42 Å². The van der Waals surface area contributed by atoms with Crippen molar-refractivity contribution in [1.29, 1.82) is 0 Å². The van der Waals surface area contributed by atoms with Crippen LogP contribution >= 0.6 is 0 Å². The highest BCUT2D eigenvalue weighted by atomic mass is 32.2. The minimum atomic E-state index is -3.59. The lowest BCUT2D eigenvalue weighted by Crippen LogP contribution is -2.45. The molecule has 1 aliphatic rings. The Balaban J connectivity index is 2.15. The predicted molar refractivity (Wildman–Crippen MR) is 68.4 cm³/mol. The second kappa shape index (κ2) is 5.58. The van der Waals surface area contributed by atoms with Crippen molar-refractivity contribution in [2.45, 2.75) is 24.8 Å². The highest BCUT2D eigenvalue weighted by Crippen LogP contribution is 2.22. The van der Waals surface area contributed by atoms with E-state index in [1.807, 2.05) is 0 Å². The molecule has 1 unspecified atom stereocenters. The van der Waals surface area contributed by atoms with Gasteiger partial charge in [-0.2, -0.15) is 4.31 Å². The Morgan fingerprint density at radius 1 is 1.47 bits per heavy atom. The molecular weight excluding hydrogens is 270 g/mol. The fourth-order valence-electron chi connectivity index (χ4n) is 2.12. The van der Waals surface area contributed by atoms with Crippen molar-refractivity contribution in [3.05, 3.63) is 11.5 Å². The van der Waals surface area contributed by atoms with Crippen molar-refractivity contribution in [2.24, 2.45) is 0 Å². The minimum absolute atomic E-state index is 0.131. The second-order valence-electron chi connectivity index (χ2n) is 4.64. The molecule has 0 aromatic carbocycles. The fourth-order valence-corrected chi connectivity index (χ4v) is 3.61. The first-order valence-electron chi connectivity index (χ1n) is 6.14. The van der Waals surface area contributed by atoms with E-state index in [1.165, 1.54) is 4.31 Å². The summed E-state index contributed by atoms with van der Waals surface area (Å²) in [6, 6.07) is 0. The number of hydrogen-bond donors (Lipinski definition) is 1. The molecular formula is C11H19N3O4S. The summed E-state index contributed by atoms with van der Waals surface area (Å²) < 4.78 is 36.6. The number of sulfonamides is 1. The summed E-state index contributed by atoms with van der Waals surface area (Å²) in [7, 11) is -2.05. The van der Waals surface area contributed by atoms with Gasteiger partial charge in [0.15, 0.2) is 5.76 Å². The topological polar surface area (TPSA) is 84.7 Å². The van der Waals surface area contributed by atoms with Gasteiger partial charge in [0, 0.05) is 26.7 Å². The first-order valence-corrected chi connectivity index (χ1v) is 7.58. The molecule has 1 aliphatic heterocycles. The van der Waals surface area contributed by atoms with E-state index in [2.05, 4.69) is 10.5 Å². The highest BCUT2D eigenvalue weighted by Gasteiger charge is 2.30. The van der Waals surface area contributed by atoms with Gasteiger partial charge in [-0.1, -0.05) is 5.16 Å². The Hall–Kier alpha value is -0.960. The first-order chi connectivity index (χ1) is 8.93. The van der Waals surface area contributed by atoms with Gasteiger partial charge in [-0.15, -0.1) is 0 Å². The van der Waals surface area contributed by atoms with Crippen LogP contribution in [0.25, 0.3) is 0 Å². The van der Waals surface area contributed by atoms with Crippen molar-refractivity contribution < 1.29 is 17.7 Å². The van der Waals surface area contributed by atoms with Gasteiger partial charge in [0.1, 0.15) is 10.6 Å². The van der Waals surface area contributed by atoms with Crippen LogP contribution in [0.4, 0.5) is 0 Å². The van der Waals surface area contributed by atoms with Crippen molar-refractivity contribution in [3.8, 4) is 0 Å². The predicted octanol–water partition coefficient (Wildman–Crippen LogP) is -0.0997. The van der Waals surface area contributed by atoms with Gasteiger partial charge in [-0.05, 0) is 13.8 Å². The molecule has 1 N–H and O–H groups in total. The summed E-state index contributed by atoms with van der Waals surface area (Å²) in [5.74, 6) is 0.312. The lowest BCUT2D eigenvalue weighted by Gasteiger charge is -2.27. The number of morpholine rings is 1. The average Bonchev–Trinajstić information content (AvgIpc) is 2.70. The molecule has 1 aromatic rings. The van der Waals surface area contributed by atoms with E-state index in [4.69, 9.17) is 9.26 Å². The third-order valence-corrected chi connectivity index (χ3v) is 5.17. The molecule has 0 spiro atoms. The SMILES string of the molecule is Cc1noc(C)c1S(=O)(=O)N(C)CC1CNCCO1. The van der Waals surface area contributed by atoms with E-state index >= 15 is 0 Å². The Morgan fingerprint density at radius 3 is 2.74 bits per heavy atom. The molecule has 1 fully saturated rings. The van der Waals surface area contributed by atoms with Crippen LogP contribution in [0.3, 0.4) is 0 Å². The van der Waals surface area contributed by atoms with Gasteiger partial charge in [-0.3, -0.25) is 0 Å². The van der Waals surface area contributed by atoms with Crippen LogP contribution in [0, 0.1) is 13.8 Å². The van der Waals surface area contributed by atoms with Gasteiger partial charge in [0.25, 0.3) is 0 Å². The zero-order valence-corrected chi connectivity index (χ0v) is 12.2. The summed E-state index contributed by atoms with van der Waals surface area (Å²) in [6.07, 6.45) is -0.131. The first kappa shape index (κ1) is 14.4. The van der Waals surface area contributed by atoms with Gasteiger partial charge in [-0.25, -0.2) is 8.42 Å². The molecule has 19 heavy (non-hydrogen) atoms. The van der Waals surface area contributed by atoms with E-state index < -0.39 is 10.0 Å². The van der Waals surface area contributed by atoms with Crippen LogP contribution in [0.2, 0.25) is 0 Å². The van der Waals surface area contributed by atoms with Crippen molar-refractivity contribution in [2.75, 3.05) is 33.3 Å². The molecule has 7 nitrogen and oxygen atoms in total. The molecule has 0 amide bonds. The Bertz CT molecular complexity index is 515. The minimum Gasteiger partial charge on any atom is -0.374 e. The third-order valence-electron chi connectivity index (χ3n) is 3.10. The summed E-state index contributed by atoms with van der Waals surface area (Å²) >= 11 is 0. The van der Waals surface area contributed by atoms with Crippen LogP contribution < -0.4 is 5.32 Å². The van der Waals surface area contributed by atoms with Crippen molar-refractivity contribution in [3.63, 3.8) is 0 Å². The van der Waals surface area contributed by atoms with Gasteiger partial charge < -0.3 is 14.6 Å². The van der Waals surface area contributed by atoms with Crippen LogP contribution in [0.1, 0.15) is 11.5 Å². The molecule has 1 atom stereocenters. The summed E-state index contributed by atoms with van der Waals surface area (Å²) in [5, 5.41) is 6.86. The van der Waals surface area contributed by atoms with Crippen LogP contribution in [-0.4, -0.2) is 57.3 Å². The fraction of sp³-hybridized carbons (Fsp3) is 0.727. The molecule has 1 saturated heterocycles. The summed E-state index contributed by atoms with van der Waals surface area (Å²) in [5.41, 5.74) is 0.382. The Kier molecular flexibility index (Phi) is 4.24. The number of nitrogens with zero attached hydrogens (tertiary/aromatic N) is 2. The standard InChI is InChI=1S/C11H19N3O4S/c1-8-11(9(2)18-13-8)19(15,16)14(3)7-10-6-12-4-5-17-10/h10,12H,4-7H2,1-3H3. The largest absolute Gasteiger partial charge is 0.374 e. The summed E-state index contributed by atoms with van der Waals surface area (Å²) in [6.45, 7) is 5.58. The number of aromatic nitrogens is 1. The van der Waals surface area contributed by atoms with Crippen molar-refractivity contribution in [1.82, 2.24) is 14.8 Å². The van der Waals surface area contributed by atoms with Gasteiger partial charge in [0.05, 0.1) is 12.7 Å². The zero-order chi connectivity index (χ0) is 14.0. The van der Waals surface area contributed by atoms with Gasteiger partial charge >= 0.3 is 0 Å². The normalized spacial score (nSPS) is 20.9. The number of aryl methyl sites for hydroxylation is 2. The van der Waals surface area contributed by atoms with E-state index in [1.54, 1.807) is 20.9 Å². The molecule has 0 aliphatic carbocycles. The molecule has 1 aromatic heterocycles. The molecule has 8 heteroatoms. The Labute approximate surface area is 112 Å². The van der Waals surface area contributed by atoms with E-state index in [9.17, 15) is 8.42 Å². The lowest BCUT2D eigenvalue weighted by atomic mass is 10.3. The second-order valence-corrected chi connectivity index (χ2v) is 6.62. The van der Waals surface area contributed by atoms with Crippen LogP contribution in [-0.2, 0) is 14.8 Å². The number of hydrogen-bond acceptors (Lipinski definition) is 6. The summed E-state index contributed by atoms with van der Waals surface area (Å²) in [4.78, 5) is 0.152. The molecule has 0 bridgehead atoms. The van der Waals surface area contributed by atoms with Crippen LogP contribution in [0.5, 0.6) is 0 Å². The monoisotopic (exact) mass is 289 g/mol. The lowest BCUT2D eigenvalue weighted by molar-refractivity contribution is 0.0206. The molecule has 2 rings (SSSR count). The zero-order valence-electron chi connectivity index (χ0n) is 11.3. The smallest absolute Gasteiger partial charge is 0.248 e. The third kappa shape index (κ3) is 2.97. The molecule has 0 radical (unpaired) electrons. The number of likely N-dealkylation sites (N-methyl/N-ethyl adjacent to an activating group) is 1. The van der Waals surface area contributed by atoms with Crippen molar-refractivity contribution >= 4 is 10.0 Å². The molecule has 0 saturated carbocycles. The number of ether oxygens (including phenoxy) is 1. The van der Waals surface area contributed by atoms with E-state index in [0.717, 1.165) is 6.54 Å². The quantitative estimate of drug-likeness (QED) is 0.833. The van der Waals surface area contributed by atoms with E-state index in [-0.39, 0.29) is 11.0 Å². The highest BCUT2D eigenvalue weighted by molar-refractivity contribution is 7.89.